The van der Waals surface area contributed by atoms with Crippen LogP contribution in [0.15, 0.2) is 64.4 Å². The molecular formula is C19H25N3O4S2. The van der Waals surface area contributed by atoms with Gasteiger partial charge < -0.3 is 4.90 Å². The predicted octanol–water partition coefficient (Wildman–Crippen LogP) is 1.19. The molecule has 0 spiro atoms. The van der Waals surface area contributed by atoms with Crippen LogP contribution in [-0.4, -0.2) is 67.3 Å². The number of nitrogens with zero attached hydrogens (tertiary/aromatic N) is 2. The van der Waals surface area contributed by atoms with E-state index in [9.17, 15) is 16.8 Å². The summed E-state index contributed by atoms with van der Waals surface area (Å²) >= 11 is 0. The van der Waals surface area contributed by atoms with Crippen LogP contribution in [0.1, 0.15) is 0 Å². The van der Waals surface area contributed by atoms with Gasteiger partial charge in [0.05, 0.1) is 9.79 Å². The van der Waals surface area contributed by atoms with Crippen LogP contribution in [0.2, 0.25) is 0 Å². The highest BCUT2D eigenvalue weighted by atomic mass is 32.2. The molecule has 0 aliphatic carbocycles. The standard InChI is InChI=1S/C19H25N3O4S2/c1-27(23,24)18-7-9-19(10-8-18)28(25,26)20-11-12-21-13-15-22(16-14-21)17-5-3-2-4-6-17/h2-10,20H,11-16H2,1H3. The van der Waals surface area contributed by atoms with Gasteiger partial charge in [-0.2, -0.15) is 0 Å². The van der Waals surface area contributed by atoms with Crippen molar-refractivity contribution >= 4 is 25.5 Å². The molecule has 28 heavy (non-hydrogen) atoms. The molecule has 1 aliphatic rings. The minimum absolute atomic E-state index is 0.0637. The lowest BCUT2D eigenvalue weighted by atomic mass is 10.2. The number of anilines is 1. The zero-order chi connectivity index (χ0) is 20.2. The van der Waals surface area contributed by atoms with Crippen molar-refractivity contribution in [1.82, 2.24) is 9.62 Å². The summed E-state index contributed by atoms with van der Waals surface area (Å²) in [4.78, 5) is 4.72. The lowest BCUT2D eigenvalue weighted by Gasteiger charge is -2.36. The molecule has 2 aromatic carbocycles. The van der Waals surface area contributed by atoms with Gasteiger partial charge in [-0.15, -0.1) is 0 Å². The van der Waals surface area contributed by atoms with Gasteiger partial charge in [0.25, 0.3) is 0 Å². The third kappa shape index (κ3) is 5.32. The summed E-state index contributed by atoms with van der Waals surface area (Å²) in [5.74, 6) is 0. The van der Waals surface area contributed by atoms with Crippen LogP contribution in [0.25, 0.3) is 0 Å². The molecule has 0 radical (unpaired) electrons. The Balaban J connectivity index is 1.48. The second-order valence-electron chi connectivity index (χ2n) is 6.81. The third-order valence-corrected chi connectivity index (χ3v) is 7.38. The fourth-order valence-electron chi connectivity index (χ4n) is 3.16. The van der Waals surface area contributed by atoms with Crippen molar-refractivity contribution in [1.29, 1.82) is 0 Å². The Morgan fingerprint density at radius 3 is 1.96 bits per heavy atom. The summed E-state index contributed by atoms with van der Waals surface area (Å²) < 4.78 is 50.3. The number of nitrogens with one attached hydrogen (secondary N) is 1. The van der Waals surface area contributed by atoms with E-state index in [-0.39, 0.29) is 9.79 Å². The Hall–Kier alpha value is -1.94. The summed E-state index contributed by atoms with van der Waals surface area (Å²) in [5, 5.41) is 0. The average molecular weight is 424 g/mol. The minimum atomic E-state index is -3.66. The number of rotatable bonds is 7. The Kier molecular flexibility index (Phi) is 6.39. The van der Waals surface area contributed by atoms with Crippen LogP contribution >= 0.6 is 0 Å². The molecule has 1 aliphatic heterocycles. The highest BCUT2D eigenvalue weighted by Crippen LogP contribution is 2.16. The normalized spacial score (nSPS) is 16.2. The van der Waals surface area contributed by atoms with E-state index in [0.717, 1.165) is 32.4 Å². The molecular weight excluding hydrogens is 398 g/mol. The Bertz CT molecular complexity index is 983. The van der Waals surface area contributed by atoms with Crippen molar-refractivity contribution < 1.29 is 16.8 Å². The fourth-order valence-corrected chi connectivity index (χ4v) is 4.81. The zero-order valence-electron chi connectivity index (χ0n) is 15.8. The summed E-state index contributed by atoms with van der Waals surface area (Å²) in [6, 6.07) is 15.5. The van der Waals surface area contributed by atoms with E-state index in [1.807, 2.05) is 18.2 Å². The van der Waals surface area contributed by atoms with Gasteiger partial charge in [0.2, 0.25) is 10.0 Å². The van der Waals surface area contributed by atoms with E-state index in [1.54, 1.807) is 0 Å². The van der Waals surface area contributed by atoms with Gasteiger partial charge in [-0.05, 0) is 36.4 Å². The molecule has 152 valence electrons. The number of para-hydroxylation sites is 1. The number of hydrogen-bond donors (Lipinski definition) is 1. The highest BCUT2D eigenvalue weighted by Gasteiger charge is 2.19. The monoisotopic (exact) mass is 423 g/mol. The minimum Gasteiger partial charge on any atom is -0.369 e. The van der Waals surface area contributed by atoms with Crippen molar-refractivity contribution in [2.24, 2.45) is 0 Å². The molecule has 0 amide bonds. The number of piperazine rings is 1. The lowest BCUT2D eigenvalue weighted by molar-refractivity contribution is 0.262. The van der Waals surface area contributed by atoms with Crippen LogP contribution in [0.4, 0.5) is 5.69 Å². The number of benzene rings is 2. The van der Waals surface area contributed by atoms with Crippen molar-refractivity contribution in [3.05, 3.63) is 54.6 Å². The average Bonchev–Trinajstić information content (AvgIpc) is 2.68. The first-order chi connectivity index (χ1) is 13.3. The summed E-state index contributed by atoms with van der Waals surface area (Å²) in [7, 11) is -7.01. The SMILES string of the molecule is CS(=O)(=O)c1ccc(S(=O)(=O)NCCN2CCN(c3ccccc3)CC2)cc1. The zero-order valence-corrected chi connectivity index (χ0v) is 17.4. The van der Waals surface area contributed by atoms with Crippen molar-refractivity contribution in [3.8, 4) is 0 Å². The van der Waals surface area contributed by atoms with Crippen LogP contribution in [0.3, 0.4) is 0 Å². The number of sulfonamides is 1. The van der Waals surface area contributed by atoms with Gasteiger partial charge >= 0.3 is 0 Å². The maximum absolute atomic E-state index is 12.4. The van der Waals surface area contributed by atoms with Crippen LogP contribution in [-0.2, 0) is 19.9 Å². The molecule has 1 fully saturated rings. The third-order valence-electron chi connectivity index (χ3n) is 4.78. The molecule has 0 atom stereocenters. The molecule has 1 heterocycles. The molecule has 0 aromatic heterocycles. The lowest BCUT2D eigenvalue weighted by Crippen LogP contribution is -2.48. The quantitative estimate of drug-likeness (QED) is 0.720. The van der Waals surface area contributed by atoms with Crippen molar-refractivity contribution in [2.45, 2.75) is 9.79 Å². The van der Waals surface area contributed by atoms with Gasteiger partial charge in [0.15, 0.2) is 9.84 Å². The van der Waals surface area contributed by atoms with Crippen LogP contribution < -0.4 is 9.62 Å². The van der Waals surface area contributed by atoms with Crippen molar-refractivity contribution in [2.75, 3.05) is 50.4 Å². The fraction of sp³-hybridized carbons (Fsp3) is 0.368. The molecule has 2 aromatic rings. The maximum Gasteiger partial charge on any atom is 0.240 e. The second-order valence-corrected chi connectivity index (χ2v) is 10.6. The largest absolute Gasteiger partial charge is 0.369 e. The van der Waals surface area contributed by atoms with Gasteiger partial charge in [0, 0.05) is 51.2 Å². The van der Waals surface area contributed by atoms with Gasteiger partial charge in [0.1, 0.15) is 0 Å². The van der Waals surface area contributed by atoms with Crippen LogP contribution in [0.5, 0.6) is 0 Å². The molecule has 1 N–H and O–H groups in total. The molecule has 0 bridgehead atoms. The van der Waals surface area contributed by atoms with E-state index in [4.69, 9.17) is 0 Å². The van der Waals surface area contributed by atoms with E-state index >= 15 is 0 Å². The smallest absolute Gasteiger partial charge is 0.240 e. The van der Waals surface area contributed by atoms with Gasteiger partial charge in [-0.1, -0.05) is 18.2 Å². The van der Waals surface area contributed by atoms with Gasteiger partial charge in [-0.25, -0.2) is 21.6 Å². The molecule has 0 unspecified atom stereocenters. The van der Waals surface area contributed by atoms with E-state index in [1.165, 1.54) is 30.0 Å². The first-order valence-electron chi connectivity index (χ1n) is 9.08. The number of sulfone groups is 1. The van der Waals surface area contributed by atoms with E-state index in [2.05, 4.69) is 26.7 Å². The van der Waals surface area contributed by atoms with E-state index < -0.39 is 19.9 Å². The Morgan fingerprint density at radius 2 is 1.39 bits per heavy atom. The first kappa shape index (κ1) is 20.8. The van der Waals surface area contributed by atoms with Crippen LogP contribution in [0, 0.1) is 0 Å². The molecule has 1 saturated heterocycles. The summed E-state index contributed by atoms with van der Waals surface area (Å²) in [6.45, 7) is 4.50. The Morgan fingerprint density at radius 1 is 0.821 bits per heavy atom. The molecule has 7 nitrogen and oxygen atoms in total. The Labute approximate surface area is 166 Å². The van der Waals surface area contributed by atoms with E-state index in [0.29, 0.717) is 13.1 Å². The predicted molar refractivity (Wildman–Crippen MR) is 110 cm³/mol. The summed E-state index contributed by atoms with van der Waals surface area (Å²) in [5.41, 5.74) is 1.21. The highest BCUT2D eigenvalue weighted by molar-refractivity contribution is 7.90. The molecule has 0 saturated carbocycles. The molecule has 3 rings (SSSR count). The topological polar surface area (TPSA) is 86.8 Å². The number of hydrogen-bond acceptors (Lipinski definition) is 6. The second kappa shape index (κ2) is 8.60. The van der Waals surface area contributed by atoms with Crippen molar-refractivity contribution in [3.63, 3.8) is 0 Å². The summed E-state index contributed by atoms with van der Waals surface area (Å²) in [6.07, 6.45) is 1.09. The van der Waals surface area contributed by atoms with Gasteiger partial charge in [-0.3, -0.25) is 4.90 Å². The first-order valence-corrected chi connectivity index (χ1v) is 12.5. The maximum atomic E-state index is 12.4. The molecule has 9 heteroatoms.